The molecule has 2 unspecified atom stereocenters. The highest BCUT2D eigenvalue weighted by atomic mass is 16.5. The van der Waals surface area contributed by atoms with Crippen LogP contribution in [0.3, 0.4) is 0 Å². The maximum atomic E-state index is 5.59. The quantitative estimate of drug-likeness (QED) is 0.823. The molecular weight excluding hydrogens is 214 g/mol. The molecule has 0 saturated carbocycles. The fourth-order valence-corrected chi connectivity index (χ4v) is 1.49. The lowest BCUT2D eigenvalue weighted by molar-refractivity contribution is 0.106. The minimum Gasteiger partial charge on any atom is -0.491 e. The van der Waals surface area contributed by atoms with Gasteiger partial charge in [0.1, 0.15) is 5.75 Å². The summed E-state index contributed by atoms with van der Waals surface area (Å²) in [4.78, 5) is 0. The summed E-state index contributed by atoms with van der Waals surface area (Å²) in [7, 11) is 1.72. The number of methoxy groups -OCH3 is 1. The summed E-state index contributed by atoms with van der Waals surface area (Å²) in [5.74, 6) is 0.901. The van der Waals surface area contributed by atoms with Crippen LogP contribution < -0.4 is 10.1 Å². The summed E-state index contributed by atoms with van der Waals surface area (Å²) in [6.45, 7) is 8.20. The first-order valence-electron chi connectivity index (χ1n) is 6.09. The number of rotatable bonds is 6. The molecule has 3 nitrogen and oxygen atoms in total. The highest BCUT2D eigenvalue weighted by Crippen LogP contribution is 2.18. The Kier molecular flexibility index (Phi) is 5.29. The fourth-order valence-electron chi connectivity index (χ4n) is 1.49. The third kappa shape index (κ3) is 4.65. The summed E-state index contributed by atoms with van der Waals surface area (Å²) in [5.41, 5.74) is 1.08. The van der Waals surface area contributed by atoms with Crippen molar-refractivity contribution in [1.29, 1.82) is 0 Å². The standard InChI is InChI=1S/C14H23NO2/c1-10(2)17-14-8-6-13(7-9-14)15-11(3)12(4)16-5/h6-12,15H,1-5H3. The van der Waals surface area contributed by atoms with Crippen LogP contribution >= 0.6 is 0 Å². The second-order valence-corrected chi connectivity index (χ2v) is 4.56. The summed E-state index contributed by atoms with van der Waals surface area (Å²) >= 11 is 0. The Bertz CT molecular complexity index is 321. The zero-order valence-corrected chi connectivity index (χ0v) is 11.4. The van der Waals surface area contributed by atoms with Crippen LogP contribution in [0.1, 0.15) is 27.7 Å². The Morgan fingerprint density at radius 2 is 1.59 bits per heavy atom. The molecule has 1 rings (SSSR count). The van der Waals surface area contributed by atoms with Gasteiger partial charge in [-0.1, -0.05) is 0 Å². The van der Waals surface area contributed by atoms with Gasteiger partial charge in [-0.2, -0.15) is 0 Å². The van der Waals surface area contributed by atoms with E-state index in [4.69, 9.17) is 9.47 Å². The minimum atomic E-state index is 0.182. The molecule has 0 aliphatic carbocycles. The number of nitrogens with one attached hydrogen (secondary N) is 1. The maximum absolute atomic E-state index is 5.59. The molecule has 0 aromatic heterocycles. The monoisotopic (exact) mass is 237 g/mol. The van der Waals surface area contributed by atoms with Gasteiger partial charge in [0, 0.05) is 18.8 Å². The van der Waals surface area contributed by atoms with Crippen molar-refractivity contribution in [2.75, 3.05) is 12.4 Å². The molecule has 0 aliphatic heterocycles. The van der Waals surface area contributed by atoms with Gasteiger partial charge in [0.2, 0.25) is 0 Å². The number of hydrogen-bond acceptors (Lipinski definition) is 3. The first-order valence-corrected chi connectivity index (χ1v) is 6.09. The molecule has 96 valence electrons. The summed E-state index contributed by atoms with van der Waals surface area (Å²) in [6, 6.07) is 8.28. The predicted molar refractivity (Wildman–Crippen MR) is 71.8 cm³/mol. The third-order valence-electron chi connectivity index (χ3n) is 2.70. The van der Waals surface area contributed by atoms with Crippen LogP contribution in [-0.2, 0) is 4.74 Å². The molecule has 1 aromatic carbocycles. The smallest absolute Gasteiger partial charge is 0.119 e. The molecule has 1 N–H and O–H groups in total. The van der Waals surface area contributed by atoms with Crippen LogP contribution in [0, 0.1) is 0 Å². The van der Waals surface area contributed by atoms with E-state index in [1.165, 1.54) is 0 Å². The predicted octanol–water partition coefficient (Wildman–Crippen LogP) is 3.31. The highest BCUT2D eigenvalue weighted by molar-refractivity contribution is 5.47. The Morgan fingerprint density at radius 1 is 1.00 bits per heavy atom. The largest absolute Gasteiger partial charge is 0.491 e. The number of hydrogen-bond donors (Lipinski definition) is 1. The molecule has 3 heteroatoms. The molecule has 17 heavy (non-hydrogen) atoms. The van der Waals surface area contributed by atoms with Crippen LogP contribution in [0.15, 0.2) is 24.3 Å². The molecular formula is C14H23NO2. The fraction of sp³-hybridized carbons (Fsp3) is 0.571. The second kappa shape index (κ2) is 6.50. The van der Waals surface area contributed by atoms with Crippen molar-refractivity contribution in [1.82, 2.24) is 0 Å². The van der Waals surface area contributed by atoms with Crippen LogP contribution in [0.25, 0.3) is 0 Å². The average Bonchev–Trinajstić information content (AvgIpc) is 2.30. The molecule has 0 bridgehead atoms. The first kappa shape index (κ1) is 13.8. The van der Waals surface area contributed by atoms with Crippen LogP contribution in [0.4, 0.5) is 5.69 Å². The zero-order chi connectivity index (χ0) is 12.8. The molecule has 0 aliphatic rings. The lowest BCUT2D eigenvalue weighted by Crippen LogP contribution is -2.29. The van der Waals surface area contributed by atoms with E-state index in [1.807, 2.05) is 45.0 Å². The lowest BCUT2D eigenvalue weighted by Gasteiger charge is -2.21. The van der Waals surface area contributed by atoms with E-state index in [-0.39, 0.29) is 18.2 Å². The Labute approximate surface area is 104 Å². The summed E-state index contributed by atoms with van der Waals surface area (Å²) in [5, 5.41) is 3.39. The number of ether oxygens (including phenoxy) is 2. The van der Waals surface area contributed by atoms with Crippen LogP contribution in [0.5, 0.6) is 5.75 Å². The summed E-state index contributed by atoms with van der Waals surface area (Å²) in [6.07, 6.45) is 0.392. The van der Waals surface area contributed by atoms with Gasteiger partial charge in [-0.05, 0) is 52.0 Å². The van der Waals surface area contributed by atoms with Crippen molar-refractivity contribution in [3.8, 4) is 5.75 Å². The van der Waals surface area contributed by atoms with E-state index < -0.39 is 0 Å². The molecule has 0 heterocycles. The van der Waals surface area contributed by atoms with Crippen LogP contribution in [-0.4, -0.2) is 25.4 Å². The molecule has 0 amide bonds. The van der Waals surface area contributed by atoms with E-state index in [2.05, 4.69) is 12.2 Å². The summed E-state index contributed by atoms with van der Waals surface area (Å²) < 4.78 is 10.9. The molecule has 0 fully saturated rings. The van der Waals surface area contributed by atoms with Crippen molar-refractivity contribution < 1.29 is 9.47 Å². The van der Waals surface area contributed by atoms with Gasteiger partial charge >= 0.3 is 0 Å². The van der Waals surface area contributed by atoms with Gasteiger partial charge in [0.15, 0.2) is 0 Å². The Balaban J connectivity index is 2.56. The average molecular weight is 237 g/mol. The molecule has 0 spiro atoms. The van der Waals surface area contributed by atoms with E-state index >= 15 is 0 Å². The van der Waals surface area contributed by atoms with E-state index in [9.17, 15) is 0 Å². The van der Waals surface area contributed by atoms with Crippen molar-refractivity contribution >= 4 is 5.69 Å². The van der Waals surface area contributed by atoms with Gasteiger partial charge in [-0.3, -0.25) is 0 Å². The number of anilines is 1. The van der Waals surface area contributed by atoms with Gasteiger partial charge < -0.3 is 14.8 Å². The van der Waals surface area contributed by atoms with Gasteiger partial charge in [0.05, 0.1) is 12.2 Å². The maximum Gasteiger partial charge on any atom is 0.119 e. The van der Waals surface area contributed by atoms with Gasteiger partial charge in [-0.15, -0.1) is 0 Å². The van der Waals surface area contributed by atoms with E-state index in [1.54, 1.807) is 7.11 Å². The molecule has 0 saturated heterocycles. The third-order valence-corrected chi connectivity index (χ3v) is 2.70. The van der Waals surface area contributed by atoms with Crippen molar-refractivity contribution in [2.45, 2.75) is 45.9 Å². The first-order chi connectivity index (χ1) is 8.02. The van der Waals surface area contributed by atoms with Crippen LogP contribution in [0.2, 0.25) is 0 Å². The molecule has 2 atom stereocenters. The van der Waals surface area contributed by atoms with E-state index in [0.29, 0.717) is 0 Å². The van der Waals surface area contributed by atoms with Crippen molar-refractivity contribution in [2.24, 2.45) is 0 Å². The van der Waals surface area contributed by atoms with Gasteiger partial charge in [-0.25, -0.2) is 0 Å². The molecule has 0 radical (unpaired) electrons. The Morgan fingerprint density at radius 3 is 2.06 bits per heavy atom. The normalized spacial score (nSPS) is 14.5. The zero-order valence-electron chi connectivity index (χ0n) is 11.4. The second-order valence-electron chi connectivity index (χ2n) is 4.56. The van der Waals surface area contributed by atoms with Crippen molar-refractivity contribution in [3.63, 3.8) is 0 Å². The van der Waals surface area contributed by atoms with Crippen molar-refractivity contribution in [3.05, 3.63) is 24.3 Å². The Hall–Kier alpha value is -1.22. The molecule has 1 aromatic rings. The van der Waals surface area contributed by atoms with E-state index in [0.717, 1.165) is 11.4 Å². The minimum absolute atomic E-state index is 0.182. The van der Waals surface area contributed by atoms with Gasteiger partial charge in [0.25, 0.3) is 0 Å². The highest BCUT2D eigenvalue weighted by Gasteiger charge is 2.10. The lowest BCUT2D eigenvalue weighted by atomic mass is 10.2. The SMILES string of the molecule is COC(C)C(C)Nc1ccc(OC(C)C)cc1. The number of benzene rings is 1. The topological polar surface area (TPSA) is 30.5 Å².